The summed E-state index contributed by atoms with van der Waals surface area (Å²) in [6.45, 7) is 9.90. The van der Waals surface area contributed by atoms with E-state index in [1.54, 1.807) is 0 Å². The minimum atomic E-state index is 0.289. The number of aryl methyl sites for hydroxylation is 1. The molecule has 0 amide bonds. The molecule has 1 aliphatic rings. The van der Waals surface area contributed by atoms with Crippen molar-refractivity contribution in [3.05, 3.63) is 28.2 Å². The van der Waals surface area contributed by atoms with Crippen LogP contribution in [0.25, 0.3) is 0 Å². The monoisotopic (exact) mass is 339 g/mol. The Morgan fingerprint density at radius 3 is 2.55 bits per heavy atom. The van der Waals surface area contributed by atoms with Gasteiger partial charge in [0.1, 0.15) is 11.9 Å². The third kappa shape index (κ3) is 2.75. The van der Waals surface area contributed by atoms with Crippen molar-refractivity contribution < 1.29 is 4.74 Å². The summed E-state index contributed by atoms with van der Waals surface area (Å²) >= 11 is 3.54. The Balaban J connectivity index is 2.11. The van der Waals surface area contributed by atoms with Gasteiger partial charge in [0.2, 0.25) is 0 Å². The highest BCUT2D eigenvalue weighted by Crippen LogP contribution is 2.49. The molecule has 0 radical (unpaired) electrons. The van der Waals surface area contributed by atoms with Crippen molar-refractivity contribution in [2.24, 2.45) is 5.41 Å². The first-order valence-electron chi connectivity index (χ1n) is 7.73. The number of rotatable bonds is 6. The third-order valence-corrected chi connectivity index (χ3v) is 5.85. The van der Waals surface area contributed by atoms with Gasteiger partial charge in [-0.15, -0.1) is 0 Å². The molecule has 0 saturated heterocycles. The van der Waals surface area contributed by atoms with Crippen molar-refractivity contribution in [2.45, 2.75) is 59.1 Å². The molecule has 2 nitrogen and oxygen atoms in total. The van der Waals surface area contributed by atoms with Gasteiger partial charge in [-0.3, -0.25) is 0 Å². The van der Waals surface area contributed by atoms with Crippen LogP contribution >= 0.6 is 15.9 Å². The lowest BCUT2D eigenvalue weighted by Crippen LogP contribution is -2.64. The second kappa shape index (κ2) is 6.48. The van der Waals surface area contributed by atoms with E-state index in [-0.39, 0.29) is 5.41 Å². The fourth-order valence-corrected chi connectivity index (χ4v) is 3.75. The zero-order chi connectivity index (χ0) is 14.8. The Labute approximate surface area is 131 Å². The first kappa shape index (κ1) is 15.8. The molecule has 0 aromatic heterocycles. The molecule has 1 fully saturated rings. The molecule has 1 saturated carbocycles. The van der Waals surface area contributed by atoms with E-state index < -0.39 is 0 Å². The van der Waals surface area contributed by atoms with Crippen LogP contribution in [0.5, 0.6) is 5.75 Å². The molecule has 0 heterocycles. The number of benzene rings is 1. The summed E-state index contributed by atoms with van der Waals surface area (Å²) in [6.07, 6.45) is 3.79. The van der Waals surface area contributed by atoms with Gasteiger partial charge in [0.15, 0.2) is 0 Å². The minimum absolute atomic E-state index is 0.289. The second-order valence-electron chi connectivity index (χ2n) is 5.80. The summed E-state index contributed by atoms with van der Waals surface area (Å²) in [6, 6.07) is 6.86. The Kier molecular flexibility index (Phi) is 5.14. The van der Waals surface area contributed by atoms with Gasteiger partial charge >= 0.3 is 0 Å². The maximum absolute atomic E-state index is 6.30. The lowest BCUT2D eigenvalue weighted by Gasteiger charge is -2.55. The van der Waals surface area contributed by atoms with Gasteiger partial charge in [-0.1, -0.05) is 36.7 Å². The van der Waals surface area contributed by atoms with E-state index in [9.17, 15) is 0 Å². The molecule has 0 aliphatic heterocycles. The number of hydrogen-bond acceptors (Lipinski definition) is 2. The highest BCUT2D eigenvalue weighted by atomic mass is 79.9. The van der Waals surface area contributed by atoms with Crippen LogP contribution in [-0.4, -0.2) is 18.7 Å². The molecule has 0 bridgehead atoms. The van der Waals surface area contributed by atoms with Gasteiger partial charge in [-0.05, 0) is 50.1 Å². The van der Waals surface area contributed by atoms with Crippen molar-refractivity contribution >= 4 is 15.9 Å². The standard InChI is InChI=1S/C17H26BrNO/c1-5-17(6-2)15(19-7-3)11-16(17)20-13-8-9-14(18)12(4)10-13/h8-10,15-16,19H,5-7,11H2,1-4H3. The van der Waals surface area contributed by atoms with E-state index in [1.807, 2.05) is 0 Å². The van der Waals surface area contributed by atoms with E-state index in [0.717, 1.165) is 23.2 Å². The second-order valence-corrected chi connectivity index (χ2v) is 6.66. The van der Waals surface area contributed by atoms with Crippen LogP contribution in [0.1, 0.15) is 45.6 Å². The van der Waals surface area contributed by atoms with Gasteiger partial charge in [-0.25, -0.2) is 0 Å². The Bertz CT molecular complexity index is 456. The molecule has 112 valence electrons. The van der Waals surface area contributed by atoms with Crippen molar-refractivity contribution in [1.29, 1.82) is 0 Å². The maximum Gasteiger partial charge on any atom is 0.120 e. The van der Waals surface area contributed by atoms with Crippen LogP contribution in [0.3, 0.4) is 0 Å². The van der Waals surface area contributed by atoms with Gasteiger partial charge < -0.3 is 10.1 Å². The van der Waals surface area contributed by atoms with Crippen LogP contribution < -0.4 is 10.1 Å². The van der Waals surface area contributed by atoms with Gasteiger partial charge in [-0.2, -0.15) is 0 Å². The molecular formula is C17H26BrNO. The van der Waals surface area contributed by atoms with Crippen molar-refractivity contribution in [3.63, 3.8) is 0 Å². The van der Waals surface area contributed by atoms with Crippen LogP contribution in [-0.2, 0) is 0 Å². The molecule has 1 aliphatic carbocycles. The fourth-order valence-electron chi connectivity index (χ4n) is 3.50. The van der Waals surface area contributed by atoms with Crippen LogP contribution in [0.15, 0.2) is 22.7 Å². The quantitative estimate of drug-likeness (QED) is 0.811. The Morgan fingerprint density at radius 2 is 2.00 bits per heavy atom. The molecule has 2 rings (SSSR count). The smallest absolute Gasteiger partial charge is 0.120 e. The van der Waals surface area contributed by atoms with Gasteiger partial charge in [0.05, 0.1) is 0 Å². The SMILES string of the molecule is CCNC1CC(Oc2ccc(Br)c(C)c2)C1(CC)CC. The van der Waals surface area contributed by atoms with Crippen molar-refractivity contribution in [1.82, 2.24) is 5.32 Å². The molecule has 2 unspecified atom stereocenters. The summed E-state index contributed by atoms with van der Waals surface area (Å²) in [7, 11) is 0. The summed E-state index contributed by atoms with van der Waals surface area (Å²) in [4.78, 5) is 0. The highest BCUT2D eigenvalue weighted by Gasteiger charge is 2.53. The van der Waals surface area contributed by atoms with Gasteiger partial charge in [0, 0.05) is 22.4 Å². The summed E-state index contributed by atoms with van der Waals surface area (Å²) in [5.74, 6) is 0.997. The van der Waals surface area contributed by atoms with Crippen molar-refractivity contribution in [2.75, 3.05) is 6.54 Å². The first-order valence-corrected chi connectivity index (χ1v) is 8.52. The highest BCUT2D eigenvalue weighted by molar-refractivity contribution is 9.10. The predicted molar refractivity (Wildman–Crippen MR) is 88.4 cm³/mol. The largest absolute Gasteiger partial charge is 0.490 e. The molecule has 2 atom stereocenters. The molecule has 1 aromatic rings. The third-order valence-electron chi connectivity index (χ3n) is 4.96. The number of halogens is 1. The number of ether oxygens (including phenoxy) is 1. The van der Waals surface area contributed by atoms with E-state index in [1.165, 1.54) is 18.4 Å². The van der Waals surface area contributed by atoms with E-state index in [4.69, 9.17) is 4.74 Å². The molecule has 0 spiro atoms. The van der Waals surface area contributed by atoms with E-state index >= 15 is 0 Å². The van der Waals surface area contributed by atoms with E-state index in [0.29, 0.717) is 12.1 Å². The van der Waals surface area contributed by atoms with Crippen LogP contribution in [0.4, 0.5) is 0 Å². The zero-order valence-corrected chi connectivity index (χ0v) is 14.6. The van der Waals surface area contributed by atoms with E-state index in [2.05, 4.69) is 67.1 Å². The predicted octanol–water partition coefficient (Wildman–Crippen LogP) is 4.69. The lowest BCUT2D eigenvalue weighted by molar-refractivity contribution is -0.0854. The average molecular weight is 340 g/mol. The van der Waals surface area contributed by atoms with Gasteiger partial charge in [0.25, 0.3) is 0 Å². The fraction of sp³-hybridized carbons (Fsp3) is 0.647. The topological polar surface area (TPSA) is 21.3 Å². The molecular weight excluding hydrogens is 314 g/mol. The Morgan fingerprint density at radius 1 is 1.30 bits per heavy atom. The average Bonchev–Trinajstić information content (AvgIpc) is 2.43. The van der Waals surface area contributed by atoms with Crippen LogP contribution in [0, 0.1) is 12.3 Å². The molecule has 1 N–H and O–H groups in total. The first-order chi connectivity index (χ1) is 9.57. The molecule has 3 heteroatoms. The van der Waals surface area contributed by atoms with Crippen LogP contribution in [0.2, 0.25) is 0 Å². The lowest BCUT2D eigenvalue weighted by atomic mass is 9.58. The molecule has 1 aromatic carbocycles. The number of hydrogen-bond donors (Lipinski definition) is 1. The normalized spacial score (nSPS) is 24.2. The summed E-state index contributed by atoms with van der Waals surface area (Å²) in [5, 5.41) is 3.62. The summed E-state index contributed by atoms with van der Waals surface area (Å²) in [5.41, 5.74) is 1.51. The maximum atomic E-state index is 6.30. The van der Waals surface area contributed by atoms with Crippen molar-refractivity contribution in [3.8, 4) is 5.75 Å². The zero-order valence-electron chi connectivity index (χ0n) is 13.0. The molecule has 20 heavy (non-hydrogen) atoms. The number of nitrogens with one attached hydrogen (secondary N) is 1. The minimum Gasteiger partial charge on any atom is -0.490 e. The Hall–Kier alpha value is -0.540. The summed E-state index contributed by atoms with van der Waals surface area (Å²) < 4.78 is 7.44.